The number of hydrogen-bond acceptors (Lipinski definition) is 4. The number of sulfonamides is 1. The molecule has 0 aliphatic carbocycles. The molecule has 0 spiro atoms. The summed E-state index contributed by atoms with van der Waals surface area (Å²) >= 11 is 1.84. The molecule has 0 amide bonds. The molecule has 2 aromatic rings. The number of anilines is 1. The lowest BCUT2D eigenvalue weighted by Gasteiger charge is -2.26. The molecule has 2 aliphatic rings. The van der Waals surface area contributed by atoms with Crippen molar-refractivity contribution in [2.24, 2.45) is 0 Å². The number of piperidine rings is 1. The summed E-state index contributed by atoms with van der Waals surface area (Å²) in [5.41, 5.74) is 2.40. The second kappa shape index (κ2) is 7.02. The van der Waals surface area contributed by atoms with Crippen molar-refractivity contribution in [1.82, 2.24) is 4.31 Å². The molecule has 4 rings (SSSR count). The van der Waals surface area contributed by atoms with Crippen molar-refractivity contribution in [3.8, 4) is 0 Å². The summed E-state index contributed by atoms with van der Waals surface area (Å²) in [6, 6.07) is 15.8. The number of rotatable bonds is 4. The van der Waals surface area contributed by atoms with E-state index >= 15 is 0 Å². The van der Waals surface area contributed by atoms with Crippen LogP contribution in [0.5, 0.6) is 0 Å². The van der Waals surface area contributed by atoms with Gasteiger partial charge in [-0.3, -0.25) is 0 Å². The Morgan fingerprint density at radius 1 is 0.920 bits per heavy atom. The van der Waals surface area contributed by atoms with Gasteiger partial charge in [0.15, 0.2) is 0 Å². The van der Waals surface area contributed by atoms with E-state index in [0.29, 0.717) is 18.0 Å². The van der Waals surface area contributed by atoms with Gasteiger partial charge in [0, 0.05) is 24.5 Å². The minimum absolute atomic E-state index is 0.411. The van der Waals surface area contributed by atoms with Crippen LogP contribution in [0.25, 0.3) is 0 Å². The summed E-state index contributed by atoms with van der Waals surface area (Å²) in [7, 11) is -3.34. The van der Waals surface area contributed by atoms with Gasteiger partial charge in [-0.25, -0.2) is 8.42 Å². The minimum atomic E-state index is -3.34. The topological polar surface area (TPSA) is 40.6 Å². The van der Waals surface area contributed by atoms with Crippen LogP contribution in [0.4, 0.5) is 5.69 Å². The average molecular weight is 375 g/mol. The quantitative estimate of drug-likeness (QED) is 0.813. The van der Waals surface area contributed by atoms with E-state index in [1.54, 1.807) is 16.4 Å². The van der Waals surface area contributed by atoms with E-state index in [9.17, 15) is 8.42 Å². The Labute approximate surface area is 153 Å². The average Bonchev–Trinajstić information content (AvgIpc) is 3.06. The lowest BCUT2D eigenvalue weighted by Crippen LogP contribution is -2.35. The fraction of sp³-hybridized carbons (Fsp3) is 0.368. The predicted octanol–water partition coefficient (Wildman–Crippen LogP) is 3.93. The van der Waals surface area contributed by atoms with Crippen LogP contribution in [0, 0.1) is 0 Å². The van der Waals surface area contributed by atoms with Crippen molar-refractivity contribution in [3.63, 3.8) is 0 Å². The van der Waals surface area contributed by atoms with Crippen LogP contribution < -0.4 is 4.90 Å². The summed E-state index contributed by atoms with van der Waals surface area (Å²) in [6.07, 6.45) is 3.05. The zero-order valence-corrected chi connectivity index (χ0v) is 15.7. The number of hydrogen-bond donors (Lipinski definition) is 0. The summed E-state index contributed by atoms with van der Waals surface area (Å²) in [5.74, 6) is 0.938. The zero-order chi connectivity index (χ0) is 17.3. The molecule has 0 saturated carbocycles. The zero-order valence-electron chi connectivity index (χ0n) is 14.1. The van der Waals surface area contributed by atoms with E-state index in [1.807, 2.05) is 23.9 Å². The molecule has 1 fully saturated rings. The van der Waals surface area contributed by atoms with Crippen molar-refractivity contribution < 1.29 is 8.42 Å². The van der Waals surface area contributed by atoms with E-state index < -0.39 is 10.0 Å². The van der Waals surface area contributed by atoms with Crippen LogP contribution in [0.1, 0.15) is 24.8 Å². The lowest BCUT2D eigenvalue weighted by molar-refractivity contribution is 0.346. The molecule has 0 aromatic heterocycles. The first-order chi connectivity index (χ1) is 12.1. The van der Waals surface area contributed by atoms with E-state index in [0.717, 1.165) is 37.2 Å². The third kappa shape index (κ3) is 3.43. The van der Waals surface area contributed by atoms with Crippen LogP contribution in [-0.2, 0) is 16.6 Å². The van der Waals surface area contributed by atoms with Crippen molar-refractivity contribution in [1.29, 1.82) is 0 Å². The van der Waals surface area contributed by atoms with Crippen LogP contribution in [-0.4, -0.2) is 31.7 Å². The van der Waals surface area contributed by atoms with Gasteiger partial charge in [-0.15, -0.1) is 11.8 Å². The van der Waals surface area contributed by atoms with Crippen molar-refractivity contribution in [3.05, 3.63) is 54.1 Å². The first-order valence-corrected chi connectivity index (χ1v) is 11.1. The molecular formula is C19H22N2O2S2. The highest BCUT2D eigenvalue weighted by atomic mass is 32.2. The van der Waals surface area contributed by atoms with Gasteiger partial charge in [0.25, 0.3) is 0 Å². The normalized spacial score (nSPS) is 18.3. The molecule has 2 heterocycles. The van der Waals surface area contributed by atoms with Gasteiger partial charge < -0.3 is 4.90 Å². The third-order valence-corrected chi connectivity index (χ3v) is 7.84. The maximum atomic E-state index is 12.7. The Kier molecular flexibility index (Phi) is 4.75. The molecule has 1 saturated heterocycles. The van der Waals surface area contributed by atoms with Gasteiger partial charge in [-0.1, -0.05) is 30.7 Å². The molecule has 2 aliphatic heterocycles. The van der Waals surface area contributed by atoms with Gasteiger partial charge in [-0.2, -0.15) is 4.31 Å². The van der Waals surface area contributed by atoms with E-state index in [4.69, 9.17) is 0 Å². The number of benzene rings is 2. The Balaban J connectivity index is 1.49. The minimum Gasteiger partial charge on any atom is -0.357 e. The molecule has 0 bridgehead atoms. The van der Waals surface area contributed by atoms with Crippen LogP contribution in [0.3, 0.4) is 0 Å². The second-order valence-electron chi connectivity index (χ2n) is 6.55. The van der Waals surface area contributed by atoms with E-state index in [2.05, 4.69) is 29.2 Å². The monoisotopic (exact) mass is 374 g/mol. The van der Waals surface area contributed by atoms with Gasteiger partial charge in [0.1, 0.15) is 0 Å². The van der Waals surface area contributed by atoms with Gasteiger partial charge in [0.05, 0.1) is 16.5 Å². The molecule has 0 unspecified atom stereocenters. The number of para-hydroxylation sites is 1. The molecule has 0 N–H and O–H groups in total. The second-order valence-corrected chi connectivity index (χ2v) is 9.47. The third-order valence-electron chi connectivity index (χ3n) is 4.83. The number of fused-ring (bicyclic) bond motifs is 1. The molecular weight excluding hydrogens is 352 g/mol. The Bertz CT molecular complexity index is 844. The molecule has 2 aromatic carbocycles. The SMILES string of the molecule is O=S(=O)(c1ccc(CN2CSc3ccccc32)cc1)N1CCCCC1. The highest BCUT2D eigenvalue weighted by molar-refractivity contribution is 7.99. The summed E-state index contributed by atoms with van der Waals surface area (Å²) < 4.78 is 27.1. The van der Waals surface area contributed by atoms with E-state index in [1.165, 1.54) is 10.6 Å². The Morgan fingerprint density at radius 2 is 1.64 bits per heavy atom. The maximum Gasteiger partial charge on any atom is 0.243 e. The molecule has 132 valence electrons. The van der Waals surface area contributed by atoms with Crippen molar-refractivity contribution in [2.45, 2.75) is 35.6 Å². The number of nitrogens with zero attached hydrogens (tertiary/aromatic N) is 2. The molecule has 25 heavy (non-hydrogen) atoms. The van der Waals surface area contributed by atoms with Crippen molar-refractivity contribution in [2.75, 3.05) is 23.9 Å². The van der Waals surface area contributed by atoms with E-state index in [-0.39, 0.29) is 0 Å². The summed E-state index contributed by atoms with van der Waals surface area (Å²) in [5, 5.41) is 0. The molecule has 0 radical (unpaired) electrons. The van der Waals surface area contributed by atoms with Crippen LogP contribution in [0.2, 0.25) is 0 Å². The first-order valence-electron chi connectivity index (χ1n) is 8.70. The van der Waals surface area contributed by atoms with Crippen LogP contribution in [0.15, 0.2) is 58.3 Å². The standard InChI is InChI=1S/C19H22N2O2S2/c22-25(23,21-12-4-1-5-13-21)17-10-8-16(9-11-17)14-20-15-24-19-7-3-2-6-18(19)20/h2-3,6-11H,1,4-5,12-15H2. The van der Waals surface area contributed by atoms with Gasteiger partial charge in [-0.05, 0) is 42.7 Å². The molecule has 0 atom stereocenters. The van der Waals surface area contributed by atoms with Gasteiger partial charge in [0.2, 0.25) is 10.0 Å². The maximum absolute atomic E-state index is 12.7. The lowest BCUT2D eigenvalue weighted by atomic mass is 10.2. The smallest absolute Gasteiger partial charge is 0.243 e. The van der Waals surface area contributed by atoms with Crippen molar-refractivity contribution >= 4 is 27.5 Å². The summed E-state index contributed by atoms with van der Waals surface area (Å²) in [6.45, 7) is 2.09. The molecule has 4 nitrogen and oxygen atoms in total. The fourth-order valence-electron chi connectivity index (χ4n) is 3.43. The predicted molar refractivity (Wildman–Crippen MR) is 102 cm³/mol. The number of thioether (sulfide) groups is 1. The fourth-order valence-corrected chi connectivity index (χ4v) is 5.99. The Hall–Kier alpha value is -1.50. The largest absolute Gasteiger partial charge is 0.357 e. The molecule has 6 heteroatoms. The van der Waals surface area contributed by atoms with Gasteiger partial charge >= 0.3 is 0 Å². The van der Waals surface area contributed by atoms with Crippen LogP contribution >= 0.6 is 11.8 Å². The highest BCUT2D eigenvalue weighted by Crippen LogP contribution is 2.38. The highest BCUT2D eigenvalue weighted by Gasteiger charge is 2.26. The summed E-state index contributed by atoms with van der Waals surface area (Å²) in [4.78, 5) is 4.05. The Morgan fingerprint density at radius 3 is 2.40 bits per heavy atom. The first kappa shape index (κ1) is 16.9.